The van der Waals surface area contributed by atoms with Crippen molar-refractivity contribution in [2.24, 2.45) is 0 Å². The maximum absolute atomic E-state index is 13.2. The molecule has 0 unspecified atom stereocenters. The molecule has 0 aromatic heterocycles. The van der Waals surface area contributed by atoms with Crippen LogP contribution in [0.2, 0.25) is 0 Å². The number of ether oxygens (including phenoxy) is 19. The second kappa shape index (κ2) is 46.7. The van der Waals surface area contributed by atoms with Gasteiger partial charge in [-0.15, -0.1) is 0 Å². The molecule has 0 aromatic rings. The van der Waals surface area contributed by atoms with Gasteiger partial charge >= 0.3 is 0 Å². The highest BCUT2D eigenvalue weighted by molar-refractivity contribution is 5.75. The standard InChI is InChI=1S/C72H120N6O51/c1-17(87)73-33-49(103)56(28(12-84)113-63(33)110)123-67-37(77-21(5)91)50(104)57(29(13-85)119-67)125-70-55(109)60(45(99)32(121-70)16-112-71-61(128-65-35(75-19(3)89)47(101)40(94)24(8-80)115-65)52(106)43(97)31(122-71)15-111-64-34(74-18(2)88)46(100)39(93)23(7-79)114-64)127-72-62(129-66-36(76-20(4)90)48(102)41(95)25(9-81)116-66)54(108)58(30(14-86)120-72)124-68-38(78-22(6)92)59(44(98)27(11-83)117-68)126-69-53(107)51(105)42(96)26(10-82)118-69/h23-72,79-86,93-110H,7-16H2,1-6H3,(H,73,87)(H,74,88)(H,75,89)(H,76,90)(H,77,91)(H,78,92)/t23-,24-,25-,26-,27-,28-,29-,30-,31-,32-,33-,34-,35-,36-,37-,38-,39-,40-,41-,42+,43-,44-,45-,46-,47-,48-,49-,50-,51+,52+,53-,54+,55+,56-,57-,58-,59-,60+,61+,62+,63-,64-,65+,66+,67+,68+,69+,70+,71+,72-/m1/s1. The Balaban J connectivity index is 1.07. The van der Waals surface area contributed by atoms with E-state index in [1.807, 2.05) is 0 Å². The summed E-state index contributed by atoms with van der Waals surface area (Å²) in [6.45, 7) is -5.71. The quantitative estimate of drug-likeness (QED) is 0.0284. The lowest BCUT2D eigenvalue weighted by Gasteiger charge is -2.52. The van der Waals surface area contributed by atoms with Crippen LogP contribution >= 0.6 is 0 Å². The van der Waals surface area contributed by atoms with Crippen LogP contribution in [0.15, 0.2) is 0 Å². The summed E-state index contributed by atoms with van der Waals surface area (Å²) in [5, 5.41) is 308. The molecule has 0 radical (unpaired) electrons. The van der Waals surface area contributed by atoms with Crippen molar-refractivity contribution in [1.29, 1.82) is 0 Å². The Kier molecular flexibility index (Phi) is 38.4. The van der Waals surface area contributed by atoms with Gasteiger partial charge in [-0.05, 0) is 0 Å². The van der Waals surface area contributed by atoms with Crippen LogP contribution < -0.4 is 31.9 Å². The lowest BCUT2D eigenvalue weighted by molar-refractivity contribution is -0.404. The van der Waals surface area contributed by atoms with E-state index >= 15 is 0 Å². The first-order valence-electron chi connectivity index (χ1n) is 41.1. The summed E-state index contributed by atoms with van der Waals surface area (Å²) in [7, 11) is 0. The predicted molar refractivity (Wildman–Crippen MR) is 399 cm³/mol. The Bertz CT molecular complexity index is 3570. The van der Waals surface area contributed by atoms with E-state index in [9.17, 15) is 162 Å². The fraction of sp³-hybridized carbons (Fsp3) is 0.917. The van der Waals surface area contributed by atoms with Crippen molar-refractivity contribution in [3.8, 4) is 0 Å². The fourth-order valence-electron chi connectivity index (χ4n) is 16.6. The molecule has 10 rings (SSSR count). The van der Waals surface area contributed by atoms with Crippen LogP contribution in [0.3, 0.4) is 0 Å². The van der Waals surface area contributed by atoms with Gasteiger partial charge in [-0.2, -0.15) is 0 Å². The third-order valence-electron chi connectivity index (χ3n) is 23.3. The van der Waals surface area contributed by atoms with Gasteiger partial charge in [-0.25, -0.2) is 0 Å². The van der Waals surface area contributed by atoms with Crippen LogP contribution in [-0.2, 0) is 119 Å². The van der Waals surface area contributed by atoms with Crippen molar-refractivity contribution in [3.63, 3.8) is 0 Å². The van der Waals surface area contributed by atoms with Crippen molar-refractivity contribution < 1.29 is 252 Å². The zero-order chi connectivity index (χ0) is 95.1. The molecular weight excluding hydrogens is 1760 g/mol. The Morgan fingerprint density at radius 2 is 0.457 bits per heavy atom. The van der Waals surface area contributed by atoms with Gasteiger partial charge in [0.25, 0.3) is 0 Å². The first kappa shape index (κ1) is 106. The Morgan fingerprint density at radius 3 is 0.899 bits per heavy atom. The molecule has 10 aliphatic rings. The zero-order valence-electron chi connectivity index (χ0n) is 69.8. The molecule has 10 fully saturated rings. The molecule has 129 heavy (non-hydrogen) atoms. The van der Waals surface area contributed by atoms with Crippen LogP contribution in [-0.4, -0.2) is 541 Å². The highest BCUT2D eigenvalue weighted by atomic mass is 16.8. The van der Waals surface area contributed by atoms with E-state index in [1.54, 1.807) is 0 Å². The molecule has 0 aliphatic carbocycles. The average Bonchev–Trinajstić information content (AvgIpc) is 0.756. The second-order valence-electron chi connectivity index (χ2n) is 32.5. The summed E-state index contributed by atoms with van der Waals surface area (Å²) in [4.78, 5) is 76.9. The summed E-state index contributed by atoms with van der Waals surface area (Å²) in [6, 6.07) is -11.2. The van der Waals surface area contributed by atoms with Gasteiger partial charge in [0.2, 0.25) is 35.4 Å². The number of aliphatic hydroxyl groups excluding tert-OH is 26. The molecule has 32 N–H and O–H groups in total. The molecule has 57 nitrogen and oxygen atoms in total. The summed E-state index contributed by atoms with van der Waals surface area (Å²) in [6.07, 6.45) is -94.9. The Morgan fingerprint density at radius 1 is 0.202 bits per heavy atom. The van der Waals surface area contributed by atoms with Crippen LogP contribution in [0.4, 0.5) is 0 Å². The molecule has 10 aliphatic heterocycles. The van der Waals surface area contributed by atoms with Crippen LogP contribution in [0.25, 0.3) is 0 Å². The van der Waals surface area contributed by atoms with Gasteiger partial charge in [0.15, 0.2) is 62.9 Å². The van der Waals surface area contributed by atoms with E-state index in [2.05, 4.69) is 31.9 Å². The molecule has 0 saturated carbocycles. The average molecular weight is 1890 g/mol. The number of aliphatic hydroxyl groups is 26. The van der Waals surface area contributed by atoms with Crippen LogP contribution in [0, 0.1) is 0 Å². The number of carbonyl (C=O) groups excluding carboxylic acids is 6. The van der Waals surface area contributed by atoms with Gasteiger partial charge < -0.3 is 255 Å². The molecule has 6 amide bonds. The maximum Gasteiger partial charge on any atom is 0.217 e. The van der Waals surface area contributed by atoms with E-state index < -0.39 is 408 Å². The minimum atomic E-state index is -2.72. The van der Waals surface area contributed by atoms with Crippen LogP contribution in [0.1, 0.15) is 41.5 Å². The topological polar surface area (TPSA) is 876 Å². The summed E-state index contributed by atoms with van der Waals surface area (Å²) < 4.78 is 115. The number of hydrogen-bond acceptors (Lipinski definition) is 51. The van der Waals surface area contributed by atoms with E-state index in [4.69, 9.17) is 90.0 Å². The number of nitrogens with one attached hydrogen (secondary N) is 6. The lowest BCUT2D eigenvalue weighted by atomic mass is 9.93. The summed E-state index contributed by atoms with van der Waals surface area (Å²) in [5.41, 5.74) is 0. The van der Waals surface area contributed by atoms with E-state index in [0.29, 0.717) is 0 Å². The van der Waals surface area contributed by atoms with Crippen molar-refractivity contribution >= 4 is 35.4 Å². The van der Waals surface area contributed by atoms with Gasteiger partial charge in [0, 0.05) is 41.5 Å². The van der Waals surface area contributed by atoms with E-state index in [-0.39, 0.29) is 0 Å². The largest absolute Gasteiger partial charge is 0.394 e. The molecule has 50 atom stereocenters. The number of rotatable bonds is 34. The SMILES string of the molecule is CC(=O)N[C@@H]1[C@@H](O)[C@H](O[C@@H]2O[C@H](CO)[C@@H](O[C@@H]3O[C@H](CO[C@H]4O[C@H](CO[C@@H]5O[C@H](CO)[C@@H](O)[C@H](O)[C@H]5NC(C)=O)[C@@H](O)[C@H](O)[C@@H]4O[C@@H]4O[C@H](CO)[C@@H](O)[C@H](O)[C@H]4NC(C)=O)[C@@H](O)[C@H](O[C@H]4O[C@H](CO)[C@@H](O[C@@H]5O[C@H](CO)[C@@H](O)[C@H](O[C@@H]6O[C@H](CO)[C@H](O)[C@H](O)[C@H]6O)[C@H]5NC(C)=O)[C@H](O)[C@@H]4O[C@@H]4O[C@H](CO)[C@@H](O)[C@H](O)[C@H]4NC(C)=O)[C@@H]3O)[C@H](O)[C@H]2NC(C)=O)[C@@H](CO)O[C@H]1O. The normalized spacial score (nSPS) is 47.5. The predicted octanol–water partition coefficient (Wildman–Crippen LogP) is -21.9. The third-order valence-corrected chi connectivity index (χ3v) is 23.3. The van der Waals surface area contributed by atoms with Crippen molar-refractivity contribution in [2.45, 2.75) is 348 Å². The number of hydrogen-bond donors (Lipinski definition) is 32. The monoisotopic (exact) mass is 1880 g/mol. The molecular formula is C72H120N6O51. The molecule has 0 aromatic carbocycles. The Hall–Kier alpha value is -4.98. The molecule has 10 heterocycles. The minimum Gasteiger partial charge on any atom is -0.394 e. The minimum absolute atomic E-state index is 0.819. The first-order chi connectivity index (χ1) is 61.0. The highest BCUT2D eigenvalue weighted by Crippen LogP contribution is 2.41. The van der Waals surface area contributed by atoms with Gasteiger partial charge in [0.05, 0.1) is 66.1 Å². The molecule has 10 saturated heterocycles. The molecule has 0 spiro atoms. The molecule has 744 valence electrons. The van der Waals surface area contributed by atoms with E-state index in [0.717, 1.165) is 41.5 Å². The first-order valence-corrected chi connectivity index (χ1v) is 41.1. The van der Waals surface area contributed by atoms with Crippen molar-refractivity contribution in [3.05, 3.63) is 0 Å². The Labute approximate surface area is 731 Å². The summed E-state index contributed by atoms with van der Waals surface area (Å²) >= 11 is 0. The highest BCUT2D eigenvalue weighted by Gasteiger charge is 2.62. The molecule has 0 bridgehead atoms. The van der Waals surface area contributed by atoms with Crippen LogP contribution in [0.5, 0.6) is 0 Å². The smallest absolute Gasteiger partial charge is 0.217 e. The fourth-order valence-corrected chi connectivity index (χ4v) is 16.6. The van der Waals surface area contributed by atoms with Gasteiger partial charge in [-0.1, -0.05) is 0 Å². The van der Waals surface area contributed by atoms with Crippen molar-refractivity contribution in [1.82, 2.24) is 31.9 Å². The zero-order valence-corrected chi connectivity index (χ0v) is 69.8. The van der Waals surface area contributed by atoms with Crippen molar-refractivity contribution in [2.75, 3.05) is 66.1 Å². The van der Waals surface area contributed by atoms with Gasteiger partial charge in [0.1, 0.15) is 244 Å². The third kappa shape index (κ3) is 24.2. The second-order valence-corrected chi connectivity index (χ2v) is 32.5. The van der Waals surface area contributed by atoms with E-state index in [1.165, 1.54) is 0 Å². The number of carbonyl (C=O) groups is 6. The molecule has 57 heteroatoms. The van der Waals surface area contributed by atoms with Gasteiger partial charge in [-0.3, -0.25) is 28.8 Å². The maximum atomic E-state index is 13.2. The summed E-state index contributed by atoms with van der Waals surface area (Å²) in [5.74, 6) is -5.53. The lowest BCUT2D eigenvalue weighted by Crippen LogP contribution is -2.71. The number of amides is 6.